The Balaban J connectivity index is 1.86. The van der Waals surface area contributed by atoms with Crippen LogP contribution in [0.1, 0.15) is 24.1 Å². The van der Waals surface area contributed by atoms with Crippen molar-refractivity contribution in [2.45, 2.75) is 12.8 Å². The number of rotatable bonds is 2. The van der Waals surface area contributed by atoms with E-state index in [4.69, 9.17) is 5.26 Å². The summed E-state index contributed by atoms with van der Waals surface area (Å²) >= 11 is 0. The molecule has 2 N–H and O–H groups in total. The van der Waals surface area contributed by atoms with Crippen molar-refractivity contribution >= 4 is 23.0 Å². The minimum atomic E-state index is -0.0437. The van der Waals surface area contributed by atoms with Gasteiger partial charge in [0, 0.05) is 19.0 Å². The predicted molar refractivity (Wildman–Crippen MR) is 83.4 cm³/mol. The maximum atomic E-state index is 11.7. The minimum absolute atomic E-state index is 0.0437. The highest BCUT2D eigenvalue weighted by atomic mass is 16.1. The molecule has 1 aliphatic rings. The molecule has 0 saturated heterocycles. The number of hydrogen-bond acceptors (Lipinski definition) is 5. The zero-order valence-corrected chi connectivity index (χ0v) is 11.7. The fourth-order valence-corrected chi connectivity index (χ4v) is 2.16. The Morgan fingerprint density at radius 3 is 2.82 bits per heavy atom. The first-order valence-corrected chi connectivity index (χ1v) is 6.84. The lowest BCUT2D eigenvalue weighted by Gasteiger charge is -2.07. The SMILES string of the molecule is N#Cc1ccc(N/N=C2\CCC(=O)Nc3cccnc32)cc1. The van der Waals surface area contributed by atoms with Gasteiger partial charge in [0.15, 0.2) is 0 Å². The van der Waals surface area contributed by atoms with Crippen molar-refractivity contribution in [2.24, 2.45) is 5.10 Å². The second kappa shape index (κ2) is 6.06. The van der Waals surface area contributed by atoms with Crippen molar-refractivity contribution in [3.05, 3.63) is 53.9 Å². The fourth-order valence-electron chi connectivity index (χ4n) is 2.16. The van der Waals surface area contributed by atoms with Gasteiger partial charge in [-0.1, -0.05) is 0 Å². The molecule has 1 aromatic carbocycles. The topological polar surface area (TPSA) is 90.2 Å². The average molecular weight is 291 g/mol. The molecule has 108 valence electrons. The molecular weight excluding hydrogens is 278 g/mol. The van der Waals surface area contributed by atoms with Crippen LogP contribution in [0.3, 0.4) is 0 Å². The number of aromatic nitrogens is 1. The van der Waals surface area contributed by atoms with E-state index in [0.29, 0.717) is 29.8 Å². The van der Waals surface area contributed by atoms with E-state index >= 15 is 0 Å². The predicted octanol–water partition coefficient (Wildman–Crippen LogP) is 2.50. The van der Waals surface area contributed by atoms with Crippen LogP contribution in [0.25, 0.3) is 0 Å². The molecule has 0 fully saturated rings. The van der Waals surface area contributed by atoms with E-state index in [1.54, 1.807) is 36.5 Å². The highest BCUT2D eigenvalue weighted by Gasteiger charge is 2.18. The van der Waals surface area contributed by atoms with Crippen LogP contribution in [-0.4, -0.2) is 16.6 Å². The van der Waals surface area contributed by atoms with Crippen LogP contribution in [0.15, 0.2) is 47.7 Å². The first-order valence-electron chi connectivity index (χ1n) is 6.84. The van der Waals surface area contributed by atoms with E-state index in [1.165, 1.54) is 0 Å². The van der Waals surface area contributed by atoms with Gasteiger partial charge in [0.1, 0.15) is 5.69 Å². The number of benzene rings is 1. The molecule has 0 saturated carbocycles. The van der Waals surface area contributed by atoms with Crippen molar-refractivity contribution in [2.75, 3.05) is 10.7 Å². The van der Waals surface area contributed by atoms with Gasteiger partial charge in [-0.3, -0.25) is 15.2 Å². The monoisotopic (exact) mass is 291 g/mol. The summed E-state index contributed by atoms with van der Waals surface area (Å²) in [6.45, 7) is 0. The van der Waals surface area contributed by atoms with E-state index in [9.17, 15) is 4.79 Å². The Labute approximate surface area is 127 Å². The van der Waals surface area contributed by atoms with Gasteiger partial charge in [0.25, 0.3) is 0 Å². The summed E-state index contributed by atoms with van der Waals surface area (Å²) in [6.07, 6.45) is 2.55. The molecule has 0 atom stereocenters. The van der Waals surface area contributed by atoms with E-state index in [-0.39, 0.29) is 5.91 Å². The summed E-state index contributed by atoms with van der Waals surface area (Å²) in [6, 6.07) is 12.6. The third-order valence-electron chi connectivity index (χ3n) is 3.28. The third-order valence-corrected chi connectivity index (χ3v) is 3.28. The first-order chi connectivity index (χ1) is 10.8. The number of hydrazone groups is 1. The maximum absolute atomic E-state index is 11.7. The second-order valence-corrected chi connectivity index (χ2v) is 4.81. The van der Waals surface area contributed by atoms with Crippen molar-refractivity contribution in [1.82, 2.24) is 4.98 Å². The quantitative estimate of drug-likeness (QED) is 0.832. The Bertz CT molecular complexity index is 774. The fraction of sp³-hybridized carbons (Fsp3) is 0.125. The van der Waals surface area contributed by atoms with Gasteiger partial charge in [-0.15, -0.1) is 0 Å². The van der Waals surface area contributed by atoms with Gasteiger partial charge in [-0.25, -0.2) is 0 Å². The van der Waals surface area contributed by atoms with Crippen molar-refractivity contribution in [1.29, 1.82) is 5.26 Å². The molecule has 1 aliphatic heterocycles. The van der Waals surface area contributed by atoms with Gasteiger partial charge in [-0.2, -0.15) is 10.4 Å². The standard InChI is InChI=1S/C16H13N5O/c17-10-11-3-5-12(6-4-11)20-21-14-7-8-15(22)19-13-2-1-9-18-16(13)14/h1-6,9,20H,7-8H2,(H,19,22)/b21-14+. The lowest BCUT2D eigenvalue weighted by atomic mass is 10.1. The van der Waals surface area contributed by atoms with Crippen LogP contribution >= 0.6 is 0 Å². The molecule has 2 heterocycles. The van der Waals surface area contributed by atoms with Gasteiger partial charge in [-0.05, 0) is 36.4 Å². The minimum Gasteiger partial charge on any atom is -0.324 e. The van der Waals surface area contributed by atoms with Gasteiger partial charge in [0.05, 0.1) is 28.7 Å². The smallest absolute Gasteiger partial charge is 0.224 e. The van der Waals surface area contributed by atoms with Crippen LogP contribution in [0, 0.1) is 11.3 Å². The lowest BCUT2D eigenvalue weighted by molar-refractivity contribution is -0.116. The summed E-state index contributed by atoms with van der Waals surface area (Å²) in [4.78, 5) is 16.0. The molecule has 0 unspecified atom stereocenters. The lowest BCUT2D eigenvalue weighted by Crippen LogP contribution is -2.09. The summed E-state index contributed by atoms with van der Waals surface area (Å²) in [5.74, 6) is -0.0437. The highest BCUT2D eigenvalue weighted by Crippen LogP contribution is 2.20. The van der Waals surface area contributed by atoms with Crippen molar-refractivity contribution in [3.63, 3.8) is 0 Å². The van der Waals surface area contributed by atoms with Crippen LogP contribution < -0.4 is 10.7 Å². The molecule has 1 aromatic heterocycles. The number of nitrogens with zero attached hydrogens (tertiary/aromatic N) is 3. The number of carbonyl (C=O) groups is 1. The Hall–Kier alpha value is -3.20. The largest absolute Gasteiger partial charge is 0.324 e. The molecule has 1 amide bonds. The van der Waals surface area contributed by atoms with Crippen LogP contribution in [0.5, 0.6) is 0 Å². The molecule has 2 aromatic rings. The molecule has 6 nitrogen and oxygen atoms in total. The molecule has 0 radical (unpaired) electrons. The summed E-state index contributed by atoms with van der Waals surface area (Å²) in [7, 11) is 0. The van der Waals surface area contributed by atoms with Crippen LogP contribution in [-0.2, 0) is 4.79 Å². The number of nitrogens with one attached hydrogen (secondary N) is 2. The summed E-state index contributed by atoms with van der Waals surface area (Å²) < 4.78 is 0. The normalized spacial score (nSPS) is 15.4. The van der Waals surface area contributed by atoms with E-state index in [1.807, 2.05) is 6.07 Å². The number of pyridine rings is 1. The zero-order valence-electron chi connectivity index (χ0n) is 11.7. The number of amides is 1. The Morgan fingerprint density at radius 2 is 2.05 bits per heavy atom. The summed E-state index contributed by atoms with van der Waals surface area (Å²) in [5.41, 5.74) is 6.38. The molecular formula is C16H13N5O. The summed E-state index contributed by atoms with van der Waals surface area (Å²) in [5, 5.41) is 16.0. The van der Waals surface area contributed by atoms with Crippen molar-refractivity contribution in [3.8, 4) is 6.07 Å². The number of nitriles is 1. The second-order valence-electron chi connectivity index (χ2n) is 4.81. The third kappa shape index (κ3) is 2.94. The van der Waals surface area contributed by atoms with Gasteiger partial charge >= 0.3 is 0 Å². The number of fused-ring (bicyclic) bond motifs is 1. The maximum Gasteiger partial charge on any atom is 0.224 e. The highest BCUT2D eigenvalue weighted by molar-refractivity contribution is 6.10. The molecule has 3 rings (SSSR count). The number of carbonyl (C=O) groups excluding carboxylic acids is 1. The van der Waals surface area contributed by atoms with Crippen LogP contribution in [0.4, 0.5) is 11.4 Å². The number of anilines is 2. The molecule has 0 aliphatic carbocycles. The Morgan fingerprint density at radius 1 is 1.23 bits per heavy atom. The van der Waals surface area contributed by atoms with Gasteiger partial charge in [0.2, 0.25) is 5.91 Å². The first kappa shape index (κ1) is 13.8. The molecule has 6 heteroatoms. The van der Waals surface area contributed by atoms with E-state index in [0.717, 1.165) is 11.4 Å². The zero-order chi connectivity index (χ0) is 15.4. The van der Waals surface area contributed by atoms with Gasteiger partial charge < -0.3 is 5.32 Å². The number of hydrogen-bond donors (Lipinski definition) is 2. The Kier molecular flexibility index (Phi) is 3.79. The van der Waals surface area contributed by atoms with Crippen molar-refractivity contribution < 1.29 is 4.79 Å². The molecule has 22 heavy (non-hydrogen) atoms. The van der Waals surface area contributed by atoms with E-state index in [2.05, 4.69) is 26.9 Å². The van der Waals surface area contributed by atoms with Crippen LogP contribution in [0.2, 0.25) is 0 Å². The molecule has 0 bridgehead atoms. The molecule has 0 spiro atoms. The van der Waals surface area contributed by atoms with E-state index < -0.39 is 0 Å². The average Bonchev–Trinajstić information content (AvgIpc) is 2.72.